The molecule has 0 amide bonds. The van der Waals surface area contributed by atoms with Crippen LogP contribution in [0.3, 0.4) is 0 Å². The zero-order chi connectivity index (χ0) is 11.1. The second-order valence-electron chi connectivity index (χ2n) is 3.52. The molecule has 0 aliphatic heterocycles. The molecule has 2 nitrogen and oxygen atoms in total. The number of carbonyl (C=O) groups excluding carboxylic acids is 1. The average Bonchev–Trinajstić information content (AvgIpc) is 2.25. The third kappa shape index (κ3) is 4.88. The zero-order valence-electron chi connectivity index (χ0n) is 8.94. The lowest BCUT2D eigenvalue weighted by Gasteiger charge is -2.01. The molecule has 0 spiro atoms. The first-order chi connectivity index (χ1) is 7.20. The van der Waals surface area contributed by atoms with E-state index in [2.05, 4.69) is 0 Å². The number of carbonyl (C=O) groups is 1. The smallest absolute Gasteiger partial charge is 0.129 e. The van der Waals surface area contributed by atoms with Gasteiger partial charge in [-0.3, -0.25) is 4.21 Å². The molecular formula is C12H16O2S. The molecule has 15 heavy (non-hydrogen) atoms. The number of hydrogen-bond acceptors (Lipinski definition) is 2. The van der Waals surface area contributed by atoms with E-state index in [0.717, 1.165) is 17.7 Å². The van der Waals surface area contributed by atoms with E-state index in [1.807, 2.05) is 30.3 Å². The van der Waals surface area contributed by atoms with Gasteiger partial charge in [0.2, 0.25) is 0 Å². The van der Waals surface area contributed by atoms with Crippen molar-refractivity contribution in [1.29, 1.82) is 0 Å². The first-order valence-electron chi connectivity index (χ1n) is 5.13. The van der Waals surface area contributed by atoms with Crippen LogP contribution in [0.5, 0.6) is 0 Å². The Bertz CT molecular complexity index is 333. The van der Waals surface area contributed by atoms with E-state index in [-0.39, 0.29) is 5.78 Å². The highest BCUT2D eigenvalue weighted by atomic mass is 32.2. The number of benzene rings is 1. The topological polar surface area (TPSA) is 34.1 Å². The summed E-state index contributed by atoms with van der Waals surface area (Å²) in [6.07, 6.45) is 2.29. The molecule has 0 aliphatic carbocycles. The number of Topliss-reactive ketones (excluding diaryl/α,β-unsaturated/α-hetero) is 1. The van der Waals surface area contributed by atoms with Crippen LogP contribution in [0.1, 0.15) is 26.2 Å². The molecule has 1 unspecified atom stereocenters. The minimum absolute atomic E-state index is 0.209. The van der Waals surface area contributed by atoms with Crippen LogP contribution < -0.4 is 0 Å². The van der Waals surface area contributed by atoms with Crippen LogP contribution in [-0.2, 0) is 15.6 Å². The van der Waals surface area contributed by atoms with Crippen molar-refractivity contribution < 1.29 is 9.00 Å². The Hall–Kier alpha value is -0.960. The van der Waals surface area contributed by atoms with E-state index in [1.165, 1.54) is 0 Å². The van der Waals surface area contributed by atoms with Gasteiger partial charge in [0.25, 0.3) is 0 Å². The lowest BCUT2D eigenvalue weighted by Crippen LogP contribution is -1.99. The van der Waals surface area contributed by atoms with E-state index in [9.17, 15) is 9.00 Å². The maximum absolute atomic E-state index is 11.7. The number of rotatable bonds is 6. The van der Waals surface area contributed by atoms with Gasteiger partial charge in [-0.1, -0.05) is 18.2 Å². The van der Waals surface area contributed by atoms with Gasteiger partial charge in [0.15, 0.2) is 0 Å². The van der Waals surface area contributed by atoms with Crippen LogP contribution >= 0.6 is 0 Å². The van der Waals surface area contributed by atoms with Crippen molar-refractivity contribution in [2.75, 3.05) is 5.75 Å². The highest BCUT2D eigenvalue weighted by Gasteiger charge is 2.02. The maximum Gasteiger partial charge on any atom is 0.129 e. The first-order valence-corrected chi connectivity index (χ1v) is 6.45. The van der Waals surface area contributed by atoms with Gasteiger partial charge >= 0.3 is 0 Å². The second-order valence-corrected chi connectivity index (χ2v) is 5.09. The summed E-state index contributed by atoms with van der Waals surface area (Å²) in [5.41, 5.74) is 0. The Labute approximate surface area is 93.2 Å². The van der Waals surface area contributed by atoms with Crippen LogP contribution in [0.4, 0.5) is 0 Å². The SMILES string of the molecule is CC(=O)CCCCS(=O)c1ccccc1. The molecule has 0 saturated heterocycles. The van der Waals surface area contributed by atoms with Gasteiger partial charge in [0, 0.05) is 17.1 Å². The van der Waals surface area contributed by atoms with Crippen LogP contribution in [0.15, 0.2) is 35.2 Å². The molecule has 0 aliphatic rings. The predicted molar refractivity (Wildman–Crippen MR) is 62.2 cm³/mol. The fourth-order valence-electron chi connectivity index (χ4n) is 1.30. The minimum Gasteiger partial charge on any atom is -0.300 e. The van der Waals surface area contributed by atoms with Crippen LogP contribution in [-0.4, -0.2) is 15.7 Å². The Morgan fingerprint density at radius 2 is 1.87 bits per heavy atom. The quantitative estimate of drug-likeness (QED) is 0.696. The summed E-state index contributed by atoms with van der Waals surface area (Å²) in [5, 5.41) is 0. The Kier molecular flexibility index (Phi) is 5.26. The molecule has 0 radical (unpaired) electrons. The summed E-state index contributed by atoms with van der Waals surface area (Å²) in [7, 11) is -0.909. The van der Waals surface area contributed by atoms with E-state index < -0.39 is 10.8 Å². The fraction of sp³-hybridized carbons (Fsp3) is 0.417. The molecule has 0 N–H and O–H groups in total. The van der Waals surface area contributed by atoms with Gasteiger partial charge in [0.1, 0.15) is 5.78 Å². The lowest BCUT2D eigenvalue weighted by molar-refractivity contribution is -0.117. The lowest BCUT2D eigenvalue weighted by atomic mass is 10.2. The summed E-state index contributed by atoms with van der Waals surface area (Å²) in [6.45, 7) is 1.59. The molecule has 1 aromatic carbocycles. The van der Waals surface area contributed by atoms with Crippen molar-refractivity contribution in [3.63, 3.8) is 0 Å². The predicted octanol–water partition coefficient (Wildman–Crippen LogP) is 2.55. The van der Waals surface area contributed by atoms with E-state index in [1.54, 1.807) is 6.92 Å². The molecule has 0 heterocycles. The fourth-order valence-corrected chi connectivity index (χ4v) is 2.46. The molecule has 0 saturated carbocycles. The minimum atomic E-state index is -0.909. The summed E-state index contributed by atoms with van der Waals surface area (Å²) < 4.78 is 11.7. The third-order valence-corrected chi connectivity index (χ3v) is 3.57. The first kappa shape index (κ1) is 12.1. The van der Waals surface area contributed by atoms with Crippen LogP contribution in [0, 0.1) is 0 Å². The van der Waals surface area contributed by atoms with E-state index >= 15 is 0 Å². The maximum atomic E-state index is 11.7. The molecule has 0 fully saturated rings. The van der Waals surface area contributed by atoms with E-state index in [0.29, 0.717) is 12.2 Å². The molecule has 0 bridgehead atoms. The monoisotopic (exact) mass is 224 g/mol. The Morgan fingerprint density at radius 3 is 2.47 bits per heavy atom. The van der Waals surface area contributed by atoms with Crippen molar-refractivity contribution in [3.05, 3.63) is 30.3 Å². The van der Waals surface area contributed by atoms with Gasteiger partial charge < -0.3 is 4.79 Å². The number of unbranched alkanes of at least 4 members (excludes halogenated alkanes) is 1. The second kappa shape index (κ2) is 6.51. The van der Waals surface area contributed by atoms with Crippen LogP contribution in [0.2, 0.25) is 0 Å². The summed E-state index contributed by atoms with van der Waals surface area (Å²) in [6, 6.07) is 9.45. The van der Waals surface area contributed by atoms with Crippen molar-refractivity contribution in [3.8, 4) is 0 Å². The normalized spacial score (nSPS) is 12.3. The largest absolute Gasteiger partial charge is 0.300 e. The molecule has 1 rings (SSSR count). The zero-order valence-corrected chi connectivity index (χ0v) is 9.76. The standard InChI is InChI=1S/C12H16O2S/c1-11(13)7-5-6-10-15(14)12-8-3-2-4-9-12/h2-4,8-9H,5-7,10H2,1H3. The summed E-state index contributed by atoms with van der Waals surface area (Å²) in [4.78, 5) is 11.6. The van der Waals surface area contributed by atoms with Crippen molar-refractivity contribution in [1.82, 2.24) is 0 Å². The van der Waals surface area contributed by atoms with E-state index in [4.69, 9.17) is 0 Å². The van der Waals surface area contributed by atoms with Gasteiger partial charge in [-0.25, -0.2) is 0 Å². The molecule has 3 heteroatoms. The average molecular weight is 224 g/mol. The summed E-state index contributed by atoms with van der Waals surface area (Å²) in [5.74, 6) is 0.859. The highest BCUT2D eigenvalue weighted by Crippen LogP contribution is 2.08. The van der Waals surface area contributed by atoms with Gasteiger partial charge in [-0.2, -0.15) is 0 Å². The molecular weight excluding hydrogens is 208 g/mol. The number of hydrogen-bond donors (Lipinski definition) is 0. The number of ketones is 1. The Morgan fingerprint density at radius 1 is 1.20 bits per heavy atom. The third-order valence-electron chi connectivity index (χ3n) is 2.11. The summed E-state index contributed by atoms with van der Waals surface area (Å²) >= 11 is 0. The molecule has 1 aromatic rings. The Balaban J connectivity index is 2.28. The molecule has 82 valence electrons. The van der Waals surface area contributed by atoms with Crippen molar-refractivity contribution in [2.24, 2.45) is 0 Å². The van der Waals surface area contributed by atoms with Crippen molar-refractivity contribution >= 4 is 16.6 Å². The highest BCUT2D eigenvalue weighted by molar-refractivity contribution is 7.85. The van der Waals surface area contributed by atoms with Crippen LogP contribution in [0.25, 0.3) is 0 Å². The molecule has 1 atom stereocenters. The van der Waals surface area contributed by atoms with Gasteiger partial charge in [0.05, 0.1) is 10.8 Å². The van der Waals surface area contributed by atoms with Gasteiger partial charge in [-0.05, 0) is 31.9 Å². The van der Waals surface area contributed by atoms with Crippen molar-refractivity contribution in [2.45, 2.75) is 31.1 Å². The molecule has 0 aromatic heterocycles. The van der Waals surface area contributed by atoms with Gasteiger partial charge in [-0.15, -0.1) is 0 Å².